The molecule has 0 bridgehead atoms. The van der Waals surface area contributed by atoms with Crippen LogP contribution in [0.3, 0.4) is 0 Å². The van der Waals surface area contributed by atoms with Gasteiger partial charge in [-0.1, -0.05) is 83.1 Å². The van der Waals surface area contributed by atoms with Crippen molar-refractivity contribution in [2.75, 3.05) is 26.4 Å². The number of aliphatic hydroxyl groups excluding tert-OH is 1. The van der Waals surface area contributed by atoms with Crippen LogP contribution >= 0.6 is 0 Å². The second kappa shape index (κ2) is 16.8. The third-order valence-electron chi connectivity index (χ3n) is 7.81. The van der Waals surface area contributed by atoms with E-state index in [0.717, 1.165) is 5.56 Å². The second-order valence-electron chi connectivity index (χ2n) is 13.5. The Balaban J connectivity index is 1.51. The van der Waals surface area contributed by atoms with Gasteiger partial charge in [0.2, 0.25) is 28.6 Å². The molecule has 1 aliphatic heterocycles. The van der Waals surface area contributed by atoms with Crippen LogP contribution in [0, 0.1) is 11.3 Å². The van der Waals surface area contributed by atoms with Crippen molar-refractivity contribution in [3.63, 3.8) is 0 Å². The van der Waals surface area contributed by atoms with Gasteiger partial charge in [0.05, 0.1) is 17.0 Å². The topological polar surface area (TPSA) is 173 Å². The molecule has 270 valence electrons. The Hall–Kier alpha value is -4.66. The van der Waals surface area contributed by atoms with E-state index in [0.29, 0.717) is 17.2 Å². The lowest BCUT2D eigenvalue weighted by Gasteiger charge is -2.34. The van der Waals surface area contributed by atoms with Gasteiger partial charge in [0.1, 0.15) is 18.3 Å². The number of ether oxygens (including phenoxy) is 3. The molecule has 3 aromatic carbocycles. The summed E-state index contributed by atoms with van der Waals surface area (Å²) in [4.78, 5) is 39.0. The lowest BCUT2D eigenvalue weighted by atomic mass is 9.85. The van der Waals surface area contributed by atoms with Crippen LogP contribution in [0.5, 0.6) is 17.2 Å². The number of hydrogen-bond acceptors (Lipinski definition) is 9. The summed E-state index contributed by atoms with van der Waals surface area (Å²) in [7, 11) is -4.11. The van der Waals surface area contributed by atoms with Crippen LogP contribution in [-0.4, -0.2) is 80.4 Å². The highest BCUT2D eigenvalue weighted by Gasteiger charge is 2.37. The van der Waals surface area contributed by atoms with E-state index in [-0.39, 0.29) is 37.1 Å². The molecule has 14 heteroatoms. The number of aliphatic hydroxyl groups is 1. The Morgan fingerprint density at radius 1 is 0.900 bits per heavy atom. The molecular formula is C36H46N4O9S. The molecule has 3 amide bonds. The van der Waals surface area contributed by atoms with Crippen LogP contribution in [0.2, 0.25) is 0 Å². The Morgan fingerprint density at radius 3 is 2.18 bits per heavy atom. The molecule has 4 rings (SSSR count). The van der Waals surface area contributed by atoms with Crippen LogP contribution in [0.4, 0.5) is 4.79 Å². The summed E-state index contributed by atoms with van der Waals surface area (Å²) in [5, 5.41) is 19.6. The monoisotopic (exact) mass is 710 g/mol. The van der Waals surface area contributed by atoms with Crippen LogP contribution in [0.15, 0.2) is 83.8 Å². The minimum atomic E-state index is -4.11. The predicted octanol–water partition coefficient (Wildman–Crippen LogP) is 3.47. The van der Waals surface area contributed by atoms with Crippen molar-refractivity contribution >= 4 is 27.9 Å². The van der Waals surface area contributed by atoms with Gasteiger partial charge in [-0.2, -0.15) is 4.31 Å². The van der Waals surface area contributed by atoms with Crippen molar-refractivity contribution in [1.29, 1.82) is 0 Å². The summed E-state index contributed by atoms with van der Waals surface area (Å²) in [5.74, 6) is -0.268. The van der Waals surface area contributed by atoms with Gasteiger partial charge in [-0.15, -0.1) is 0 Å². The fourth-order valence-electron chi connectivity index (χ4n) is 5.29. The van der Waals surface area contributed by atoms with E-state index >= 15 is 0 Å². The molecule has 4 N–H and O–H groups in total. The third-order valence-corrected chi connectivity index (χ3v) is 9.64. The Kier molecular flexibility index (Phi) is 12.8. The van der Waals surface area contributed by atoms with E-state index in [1.54, 1.807) is 51.1 Å². The summed E-state index contributed by atoms with van der Waals surface area (Å²) < 4.78 is 44.9. The fourth-order valence-corrected chi connectivity index (χ4v) is 6.93. The average Bonchev–Trinajstić information content (AvgIpc) is 3.54. The van der Waals surface area contributed by atoms with Crippen molar-refractivity contribution < 1.29 is 42.1 Å². The van der Waals surface area contributed by atoms with Crippen LogP contribution < -0.4 is 30.2 Å². The number of carbonyl (C=O) groups excluding carboxylic acids is 3. The van der Waals surface area contributed by atoms with Gasteiger partial charge in [-0.05, 0) is 47.6 Å². The maximum Gasteiger partial charge on any atom is 0.413 e. The van der Waals surface area contributed by atoms with Crippen molar-refractivity contribution in [2.24, 2.45) is 11.3 Å². The summed E-state index contributed by atoms with van der Waals surface area (Å²) in [5.41, 5.74) is 0.00203. The van der Waals surface area contributed by atoms with Crippen molar-refractivity contribution in [3.8, 4) is 17.2 Å². The van der Waals surface area contributed by atoms with Gasteiger partial charge in [0, 0.05) is 19.2 Å². The summed E-state index contributed by atoms with van der Waals surface area (Å²) in [6, 6.07) is 19.8. The van der Waals surface area contributed by atoms with Gasteiger partial charge < -0.3 is 35.3 Å². The maximum atomic E-state index is 13.9. The lowest BCUT2D eigenvalue weighted by molar-refractivity contribution is -0.132. The highest BCUT2D eigenvalue weighted by Crippen LogP contribution is 2.35. The number of para-hydroxylation sites is 1. The van der Waals surface area contributed by atoms with Gasteiger partial charge in [0.25, 0.3) is 0 Å². The van der Waals surface area contributed by atoms with E-state index in [1.165, 1.54) is 22.5 Å². The van der Waals surface area contributed by atoms with E-state index in [4.69, 9.17) is 14.2 Å². The number of carbonyl (C=O) groups is 3. The highest BCUT2D eigenvalue weighted by atomic mass is 32.2. The number of amides is 3. The van der Waals surface area contributed by atoms with Gasteiger partial charge >= 0.3 is 6.09 Å². The van der Waals surface area contributed by atoms with E-state index in [1.807, 2.05) is 44.2 Å². The number of nitrogens with zero attached hydrogens (tertiary/aromatic N) is 1. The molecule has 3 atom stereocenters. The molecule has 1 aliphatic rings. The fraction of sp³-hybridized carbons (Fsp3) is 0.417. The van der Waals surface area contributed by atoms with Crippen LogP contribution in [0.25, 0.3) is 0 Å². The smallest absolute Gasteiger partial charge is 0.413 e. The third kappa shape index (κ3) is 10.7. The lowest BCUT2D eigenvalue weighted by Crippen LogP contribution is -2.59. The minimum absolute atomic E-state index is 0.0125. The SMILES string of the molecule is CC(C)CN(CC(O)C(Cc1ccccc1)NC(=O)C(NC(=O)CNC(=O)Oc1ccccc1)C(C)(C)C)S(=O)(=O)c1ccc2c(c1)OCO2. The molecule has 0 spiro atoms. The molecule has 0 saturated heterocycles. The first kappa shape index (κ1) is 38.1. The molecule has 0 aliphatic carbocycles. The molecular weight excluding hydrogens is 664 g/mol. The van der Waals surface area contributed by atoms with Gasteiger partial charge in [-0.3, -0.25) is 9.59 Å². The second-order valence-corrected chi connectivity index (χ2v) is 15.5. The number of fused-ring (bicyclic) bond motifs is 1. The first-order valence-corrected chi connectivity index (χ1v) is 17.8. The number of nitrogens with one attached hydrogen (secondary N) is 3. The molecule has 13 nitrogen and oxygen atoms in total. The Labute approximate surface area is 293 Å². The maximum absolute atomic E-state index is 13.9. The first-order valence-electron chi connectivity index (χ1n) is 16.4. The highest BCUT2D eigenvalue weighted by molar-refractivity contribution is 7.89. The number of benzene rings is 3. The number of hydrogen-bond donors (Lipinski definition) is 4. The molecule has 0 aromatic heterocycles. The normalized spacial score (nSPS) is 14.5. The zero-order valence-corrected chi connectivity index (χ0v) is 29.7. The standard InChI is InChI=1S/C36H46N4O9S/c1-24(2)21-40(50(45,46)27-16-17-30-31(19-27)48-23-47-30)22-29(41)28(18-25-12-8-6-9-13-25)38-34(43)33(36(3,4)5)39-32(42)20-37-35(44)49-26-14-10-7-11-15-26/h6-17,19,24,28-29,33,41H,18,20-23H2,1-5H3,(H,37,44)(H,38,43)(H,39,42). The van der Waals surface area contributed by atoms with Crippen molar-refractivity contribution in [2.45, 2.75) is 64.1 Å². The quantitative estimate of drug-likeness (QED) is 0.184. The minimum Gasteiger partial charge on any atom is -0.454 e. The molecule has 0 fully saturated rings. The molecule has 0 saturated carbocycles. The summed E-state index contributed by atoms with van der Waals surface area (Å²) in [6.45, 7) is 8.33. The molecule has 1 heterocycles. The van der Waals surface area contributed by atoms with Gasteiger partial charge in [-0.25, -0.2) is 13.2 Å². The summed E-state index contributed by atoms with van der Waals surface area (Å²) in [6.07, 6.45) is -2.02. The molecule has 0 radical (unpaired) electrons. The Bertz CT molecular complexity index is 1710. The first-order chi connectivity index (χ1) is 23.6. The predicted molar refractivity (Wildman–Crippen MR) is 186 cm³/mol. The van der Waals surface area contributed by atoms with Crippen molar-refractivity contribution in [1.82, 2.24) is 20.3 Å². The zero-order chi connectivity index (χ0) is 36.5. The average molecular weight is 711 g/mol. The Morgan fingerprint density at radius 2 is 1.54 bits per heavy atom. The summed E-state index contributed by atoms with van der Waals surface area (Å²) >= 11 is 0. The number of rotatable bonds is 15. The van der Waals surface area contributed by atoms with Gasteiger partial charge in [0.15, 0.2) is 11.5 Å². The molecule has 3 unspecified atom stereocenters. The molecule has 3 aromatic rings. The van der Waals surface area contributed by atoms with Crippen LogP contribution in [-0.2, 0) is 26.0 Å². The number of sulfonamides is 1. The molecule has 50 heavy (non-hydrogen) atoms. The van der Waals surface area contributed by atoms with Crippen molar-refractivity contribution in [3.05, 3.63) is 84.4 Å². The zero-order valence-electron chi connectivity index (χ0n) is 28.9. The van der Waals surface area contributed by atoms with E-state index in [2.05, 4.69) is 16.0 Å². The largest absolute Gasteiger partial charge is 0.454 e. The van der Waals surface area contributed by atoms with E-state index < -0.39 is 58.1 Å². The van der Waals surface area contributed by atoms with Crippen LogP contribution in [0.1, 0.15) is 40.2 Å². The van der Waals surface area contributed by atoms with E-state index in [9.17, 15) is 27.9 Å².